The van der Waals surface area contributed by atoms with Crippen LogP contribution in [0.15, 0.2) is 59.6 Å². The Hall–Kier alpha value is -2.79. The first kappa shape index (κ1) is 20.5. The fraction of sp³-hybridized carbons (Fsp3) is 0.318. The van der Waals surface area contributed by atoms with E-state index in [1.165, 1.54) is 4.90 Å². The van der Waals surface area contributed by atoms with Crippen LogP contribution in [-0.2, 0) is 14.3 Å². The Morgan fingerprint density at radius 2 is 1.67 bits per heavy atom. The van der Waals surface area contributed by atoms with Crippen molar-refractivity contribution >= 4 is 23.6 Å². The topological polar surface area (TPSA) is 59.0 Å². The Morgan fingerprint density at radius 3 is 2.26 bits per heavy atom. The summed E-state index contributed by atoms with van der Waals surface area (Å²) in [4.78, 5) is 29.0. The molecule has 0 bridgehead atoms. The first-order valence-electron chi connectivity index (χ1n) is 8.86. The maximum atomic E-state index is 12.2. The van der Waals surface area contributed by atoms with Gasteiger partial charge in [0.25, 0.3) is 0 Å². The first-order valence-corrected chi connectivity index (χ1v) is 8.86. The second kappa shape index (κ2) is 9.24. The Bertz CT molecular complexity index is 808. The van der Waals surface area contributed by atoms with Gasteiger partial charge in [-0.25, -0.2) is 0 Å². The number of rotatable bonds is 3. The van der Waals surface area contributed by atoms with E-state index in [0.717, 1.165) is 28.8 Å². The Kier molecular flexibility index (Phi) is 7.02. The maximum absolute atomic E-state index is 12.2. The number of carbonyl (C=O) groups is 2. The lowest BCUT2D eigenvalue weighted by Crippen LogP contribution is -2.34. The molecule has 0 radical (unpaired) electrons. The molecule has 0 aliphatic carbocycles. The zero-order valence-corrected chi connectivity index (χ0v) is 16.3. The van der Waals surface area contributed by atoms with Crippen LogP contribution in [0.25, 0.3) is 0 Å². The van der Waals surface area contributed by atoms with E-state index >= 15 is 0 Å². The van der Waals surface area contributed by atoms with Gasteiger partial charge in [-0.3, -0.25) is 9.79 Å². The summed E-state index contributed by atoms with van der Waals surface area (Å²) in [5.74, 6) is -0.166. The Morgan fingerprint density at radius 1 is 1.07 bits per heavy atom. The highest BCUT2D eigenvalue weighted by Crippen LogP contribution is 2.26. The molecule has 27 heavy (non-hydrogen) atoms. The number of ether oxygens (including phenoxy) is 1. The van der Waals surface area contributed by atoms with Gasteiger partial charge >= 0.3 is 0 Å². The summed E-state index contributed by atoms with van der Waals surface area (Å²) in [6.45, 7) is 6.16. The van der Waals surface area contributed by atoms with Crippen LogP contribution in [0, 0.1) is 0 Å². The lowest BCUT2D eigenvalue weighted by atomic mass is 10.0. The van der Waals surface area contributed by atoms with Crippen molar-refractivity contribution in [3.8, 4) is 0 Å². The van der Waals surface area contributed by atoms with Gasteiger partial charge in [-0.2, -0.15) is 0 Å². The highest BCUT2D eigenvalue weighted by Gasteiger charge is 2.24. The van der Waals surface area contributed by atoms with Gasteiger partial charge in [-0.1, -0.05) is 48.5 Å². The van der Waals surface area contributed by atoms with E-state index in [0.29, 0.717) is 0 Å². The van der Waals surface area contributed by atoms with E-state index in [2.05, 4.69) is 4.99 Å². The van der Waals surface area contributed by atoms with Crippen LogP contribution < -0.4 is 4.90 Å². The quantitative estimate of drug-likeness (QED) is 0.781. The highest BCUT2D eigenvalue weighted by molar-refractivity contribution is 6.19. The summed E-state index contributed by atoms with van der Waals surface area (Å²) < 4.78 is 4.94. The van der Waals surface area contributed by atoms with Crippen molar-refractivity contribution in [2.24, 2.45) is 4.99 Å². The second-order valence-electron chi connectivity index (χ2n) is 7.04. The zero-order chi connectivity index (χ0) is 19.9. The number of hydrogen-bond acceptors (Lipinski definition) is 4. The largest absolute Gasteiger partial charge is 0.379 e. The average Bonchev–Trinajstić information content (AvgIpc) is 2.80. The third kappa shape index (κ3) is 5.59. The Labute approximate surface area is 160 Å². The van der Waals surface area contributed by atoms with Gasteiger partial charge in [0.15, 0.2) is 0 Å². The number of methoxy groups -OCH3 is 1. The van der Waals surface area contributed by atoms with Gasteiger partial charge in [-0.05, 0) is 26.8 Å². The predicted octanol–water partition coefficient (Wildman–Crippen LogP) is 3.50. The van der Waals surface area contributed by atoms with Crippen molar-refractivity contribution in [1.82, 2.24) is 0 Å². The van der Waals surface area contributed by atoms with Gasteiger partial charge in [0.2, 0.25) is 5.91 Å². The Balaban J connectivity index is 0.000000380. The molecule has 1 heterocycles. The van der Waals surface area contributed by atoms with Crippen LogP contribution in [0.2, 0.25) is 0 Å². The van der Waals surface area contributed by atoms with Crippen molar-refractivity contribution in [1.29, 1.82) is 0 Å². The van der Waals surface area contributed by atoms with Gasteiger partial charge < -0.3 is 14.4 Å². The number of benzene rings is 2. The summed E-state index contributed by atoms with van der Waals surface area (Å²) >= 11 is 0. The van der Waals surface area contributed by atoms with Gasteiger partial charge in [0, 0.05) is 18.2 Å². The standard InChI is InChI=1S/C17H14N2O2.C5H12O/c20-11-10-19-15-9-5-4-8-14(15)17(18-12-16(19)21)13-6-2-1-3-7-13;1-5(2,3)6-4/h1-9,11H,10,12H2;1-4H3. The van der Waals surface area contributed by atoms with Gasteiger partial charge in [0.05, 0.1) is 23.5 Å². The van der Waals surface area contributed by atoms with E-state index in [1.54, 1.807) is 7.11 Å². The number of fused-ring (bicyclic) bond motifs is 1. The van der Waals surface area contributed by atoms with Crippen LogP contribution in [0.3, 0.4) is 0 Å². The van der Waals surface area contributed by atoms with Crippen LogP contribution >= 0.6 is 0 Å². The fourth-order valence-corrected chi connectivity index (χ4v) is 2.48. The second-order valence-corrected chi connectivity index (χ2v) is 7.04. The highest BCUT2D eigenvalue weighted by atomic mass is 16.5. The molecule has 1 amide bonds. The lowest BCUT2D eigenvalue weighted by Gasteiger charge is -2.20. The summed E-state index contributed by atoms with van der Waals surface area (Å²) in [6, 6.07) is 17.3. The predicted molar refractivity (Wildman–Crippen MR) is 109 cm³/mol. The molecule has 5 heteroatoms. The molecule has 0 saturated carbocycles. The molecule has 142 valence electrons. The molecule has 0 saturated heterocycles. The van der Waals surface area contributed by atoms with E-state index in [9.17, 15) is 9.59 Å². The summed E-state index contributed by atoms with van der Waals surface area (Å²) in [5.41, 5.74) is 3.39. The number of aliphatic imine (C=N–C) groups is 1. The fourth-order valence-electron chi connectivity index (χ4n) is 2.48. The average molecular weight is 366 g/mol. The number of anilines is 1. The maximum Gasteiger partial charge on any atom is 0.249 e. The molecule has 0 fully saturated rings. The van der Waals surface area contributed by atoms with Crippen LogP contribution in [0.5, 0.6) is 0 Å². The van der Waals surface area contributed by atoms with Crippen molar-refractivity contribution in [2.75, 3.05) is 25.1 Å². The third-order valence-electron chi connectivity index (χ3n) is 4.04. The monoisotopic (exact) mass is 366 g/mol. The van der Waals surface area contributed by atoms with E-state index in [-0.39, 0.29) is 24.6 Å². The molecule has 0 atom stereocenters. The first-order chi connectivity index (χ1) is 12.9. The number of carbonyl (C=O) groups excluding carboxylic acids is 2. The van der Waals surface area contributed by atoms with E-state index < -0.39 is 0 Å². The normalized spacial score (nSPS) is 13.7. The molecular weight excluding hydrogens is 340 g/mol. The van der Waals surface area contributed by atoms with E-state index in [1.807, 2.05) is 75.4 Å². The minimum Gasteiger partial charge on any atom is -0.379 e. The van der Waals surface area contributed by atoms with Crippen molar-refractivity contribution in [3.05, 3.63) is 65.7 Å². The molecule has 0 spiro atoms. The summed E-state index contributed by atoms with van der Waals surface area (Å²) in [5, 5.41) is 0. The van der Waals surface area contributed by atoms with Crippen molar-refractivity contribution in [3.63, 3.8) is 0 Å². The SMILES string of the molecule is COC(C)(C)C.O=CCN1C(=O)CN=C(c2ccccc2)c2ccccc21. The molecule has 3 rings (SSSR count). The number of nitrogens with zero attached hydrogens (tertiary/aromatic N) is 2. The van der Waals surface area contributed by atoms with Gasteiger partial charge in [-0.15, -0.1) is 0 Å². The zero-order valence-electron chi connectivity index (χ0n) is 16.3. The summed E-state index contributed by atoms with van der Waals surface area (Å²) in [6.07, 6.45) is 0.738. The van der Waals surface area contributed by atoms with Crippen LogP contribution in [-0.4, -0.2) is 43.7 Å². The molecule has 5 nitrogen and oxygen atoms in total. The lowest BCUT2D eigenvalue weighted by molar-refractivity contribution is -0.118. The van der Waals surface area contributed by atoms with Crippen LogP contribution in [0.4, 0.5) is 5.69 Å². The van der Waals surface area contributed by atoms with E-state index in [4.69, 9.17) is 4.74 Å². The summed E-state index contributed by atoms with van der Waals surface area (Å²) in [7, 11) is 1.71. The smallest absolute Gasteiger partial charge is 0.249 e. The molecule has 1 aliphatic rings. The molecule has 1 aliphatic heterocycles. The number of aldehydes is 1. The molecule has 0 N–H and O–H groups in total. The molecule has 2 aromatic carbocycles. The van der Waals surface area contributed by atoms with Crippen LogP contribution in [0.1, 0.15) is 31.9 Å². The number of amides is 1. The van der Waals surface area contributed by atoms with Crippen molar-refractivity contribution < 1.29 is 14.3 Å². The minimum atomic E-state index is -0.166. The number of benzodiazepines with no additional fused rings is 1. The minimum absolute atomic E-state index is 0.0417. The number of hydrogen-bond donors (Lipinski definition) is 0. The van der Waals surface area contributed by atoms with Crippen molar-refractivity contribution in [2.45, 2.75) is 26.4 Å². The number of para-hydroxylation sites is 1. The molecule has 0 unspecified atom stereocenters. The third-order valence-corrected chi connectivity index (χ3v) is 4.04. The molecule has 2 aromatic rings. The molecular formula is C22H26N2O3. The van der Waals surface area contributed by atoms with Gasteiger partial charge in [0.1, 0.15) is 12.8 Å². The molecule has 0 aromatic heterocycles.